The van der Waals surface area contributed by atoms with E-state index in [0.29, 0.717) is 5.69 Å². The monoisotopic (exact) mass is 217 g/mol. The zero-order chi connectivity index (χ0) is 11.5. The predicted molar refractivity (Wildman–Crippen MR) is 61.3 cm³/mol. The number of para-hydroxylation sites is 1. The number of nitrogens with zero attached hydrogens (tertiary/aromatic N) is 2. The summed E-state index contributed by atoms with van der Waals surface area (Å²) in [6.07, 6.45) is 3.58. The van der Waals surface area contributed by atoms with Crippen LogP contribution in [0.15, 0.2) is 42.7 Å². The highest BCUT2D eigenvalue weighted by Crippen LogP contribution is 2.27. The fraction of sp³-hybridized carbons (Fsp3) is 0.0909. The van der Waals surface area contributed by atoms with Crippen LogP contribution >= 0.6 is 0 Å². The van der Waals surface area contributed by atoms with Gasteiger partial charge in [-0.1, -0.05) is 12.1 Å². The maximum Gasteiger partial charge on any atom is 0.294 e. The molecule has 1 aromatic carbocycles. The van der Waals surface area contributed by atoms with E-state index in [1.54, 1.807) is 23.1 Å². The standard InChI is InChI=1S/C11H11N3O2/c1-9-5-4-6-10(14(15)16)11(9)12-13-7-2-3-8-13/h2-8,12H,1H3. The first kappa shape index (κ1) is 10.2. The van der Waals surface area contributed by atoms with E-state index < -0.39 is 4.92 Å². The van der Waals surface area contributed by atoms with E-state index in [1.807, 2.05) is 25.1 Å². The van der Waals surface area contributed by atoms with E-state index in [1.165, 1.54) is 6.07 Å². The molecule has 2 aromatic rings. The highest BCUT2D eigenvalue weighted by atomic mass is 16.6. The molecule has 0 aliphatic carbocycles. The molecular formula is C11H11N3O2. The zero-order valence-corrected chi connectivity index (χ0v) is 8.75. The Kier molecular flexibility index (Phi) is 2.59. The van der Waals surface area contributed by atoms with E-state index >= 15 is 0 Å². The van der Waals surface area contributed by atoms with Gasteiger partial charge in [0.1, 0.15) is 5.69 Å². The molecule has 1 heterocycles. The second kappa shape index (κ2) is 4.06. The molecular weight excluding hydrogens is 206 g/mol. The number of hydrogen-bond donors (Lipinski definition) is 1. The van der Waals surface area contributed by atoms with Gasteiger partial charge in [-0.25, -0.2) is 0 Å². The maximum atomic E-state index is 10.9. The molecule has 0 bridgehead atoms. The van der Waals surface area contributed by atoms with Crippen molar-refractivity contribution in [1.29, 1.82) is 0 Å². The first-order chi connectivity index (χ1) is 7.68. The molecule has 16 heavy (non-hydrogen) atoms. The van der Waals surface area contributed by atoms with Gasteiger partial charge in [-0.05, 0) is 24.6 Å². The number of nitro benzene ring substituents is 1. The zero-order valence-electron chi connectivity index (χ0n) is 8.75. The summed E-state index contributed by atoms with van der Waals surface area (Å²) in [5, 5.41) is 10.9. The molecule has 0 amide bonds. The van der Waals surface area contributed by atoms with Gasteiger partial charge >= 0.3 is 0 Å². The van der Waals surface area contributed by atoms with Gasteiger partial charge in [0.05, 0.1) is 4.92 Å². The Labute approximate surface area is 92.4 Å². The minimum atomic E-state index is -0.390. The Morgan fingerprint density at radius 2 is 1.94 bits per heavy atom. The number of benzene rings is 1. The van der Waals surface area contributed by atoms with Gasteiger partial charge in [0.15, 0.2) is 0 Å². The average molecular weight is 217 g/mol. The molecule has 82 valence electrons. The van der Waals surface area contributed by atoms with Crippen LogP contribution in [0.25, 0.3) is 0 Å². The van der Waals surface area contributed by atoms with Crippen LogP contribution in [0.3, 0.4) is 0 Å². The number of nitrogens with one attached hydrogen (secondary N) is 1. The van der Waals surface area contributed by atoms with Crippen LogP contribution in [0, 0.1) is 17.0 Å². The predicted octanol–water partition coefficient (Wildman–Crippen LogP) is 2.58. The second-order valence-corrected chi connectivity index (χ2v) is 3.43. The number of anilines is 1. The van der Waals surface area contributed by atoms with Crippen LogP contribution in [0.4, 0.5) is 11.4 Å². The van der Waals surface area contributed by atoms with Gasteiger partial charge in [-0.15, -0.1) is 0 Å². The summed E-state index contributed by atoms with van der Waals surface area (Å²) in [7, 11) is 0. The minimum Gasteiger partial charge on any atom is -0.288 e. The van der Waals surface area contributed by atoms with Crippen molar-refractivity contribution in [2.24, 2.45) is 0 Å². The quantitative estimate of drug-likeness (QED) is 0.635. The number of nitro groups is 1. The fourth-order valence-electron chi connectivity index (χ4n) is 1.49. The van der Waals surface area contributed by atoms with Crippen LogP contribution in [0.2, 0.25) is 0 Å². The molecule has 0 saturated heterocycles. The average Bonchev–Trinajstić information content (AvgIpc) is 2.73. The highest BCUT2D eigenvalue weighted by molar-refractivity contribution is 5.65. The van der Waals surface area contributed by atoms with Gasteiger partial charge in [-0.2, -0.15) is 0 Å². The Bertz CT molecular complexity index is 506. The van der Waals surface area contributed by atoms with Gasteiger partial charge < -0.3 is 0 Å². The van der Waals surface area contributed by atoms with Gasteiger partial charge in [0.25, 0.3) is 5.69 Å². The molecule has 0 radical (unpaired) electrons. The normalized spacial score (nSPS) is 10.1. The third kappa shape index (κ3) is 1.88. The first-order valence-electron chi connectivity index (χ1n) is 4.82. The third-order valence-corrected chi connectivity index (χ3v) is 2.29. The van der Waals surface area contributed by atoms with E-state index in [2.05, 4.69) is 5.43 Å². The van der Waals surface area contributed by atoms with Crippen molar-refractivity contribution in [3.8, 4) is 0 Å². The summed E-state index contributed by atoms with van der Waals surface area (Å²) >= 11 is 0. The maximum absolute atomic E-state index is 10.9. The van der Waals surface area contributed by atoms with Crippen molar-refractivity contribution in [2.45, 2.75) is 6.92 Å². The van der Waals surface area contributed by atoms with Crippen molar-refractivity contribution in [3.63, 3.8) is 0 Å². The van der Waals surface area contributed by atoms with Crippen molar-refractivity contribution < 1.29 is 4.92 Å². The molecule has 0 atom stereocenters. The molecule has 0 aliphatic rings. The first-order valence-corrected chi connectivity index (χ1v) is 4.82. The molecule has 0 fully saturated rings. The van der Waals surface area contributed by atoms with Crippen LogP contribution in [0.5, 0.6) is 0 Å². The van der Waals surface area contributed by atoms with Crippen LogP contribution in [-0.2, 0) is 0 Å². The smallest absolute Gasteiger partial charge is 0.288 e. The molecule has 5 nitrogen and oxygen atoms in total. The van der Waals surface area contributed by atoms with Crippen LogP contribution in [0.1, 0.15) is 5.56 Å². The second-order valence-electron chi connectivity index (χ2n) is 3.43. The summed E-state index contributed by atoms with van der Waals surface area (Å²) in [5.74, 6) is 0. The van der Waals surface area contributed by atoms with Crippen molar-refractivity contribution >= 4 is 11.4 Å². The molecule has 0 spiro atoms. The lowest BCUT2D eigenvalue weighted by atomic mass is 10.2. The van der Waals surface area contributed by atoms with E-state index in [9.17, 15) is 10.1 Å². The lowest BCUT2D eigenvalue weighted by molar-refractivity contribution is -0.384. The summed E-state index contributed by atoms with van der Waals surface area (Å²) < 4.78 is 1.68. The largest absolute Gasteiger partial charge is 0.294 e. The van der Waals surface area contributed by atoms with E-state index in [4.69, 9.17) is 0 Å². The highest BCUT2D eigenvalue weighted by Gasteiger charge is 2.15. The van der Waals surface area contributed by atoms with Crippen LogP contribution in [-0.4, -0.2) is 9.60 Å². The van der Waals surface area contributed by atoms with Gasteiger partial charge in [-0.3, -0.25) is 20.2 Å². The Morgan fingerprint density at radius 1 is 1.25 bits per heavy atom. The summed E-state index contributed by atoms with van der Waals surface area (Å²) in [4.78, 5) is 10.5. The lowest BCUT2D eigenvalue weighted by Crippen LogP contribution is -2.09. The number of aryl methyl sites for hydroxylation is 1. The van der Waals surface area contributed by atoms with Gasteiger partial charge in [0.2, 0.25) is 0 Å². The molecule has 0 unspecified atom stereocenters. The minimum absolute atomic E-state index is 0.0775. The van der Waals surface area contributed by atoms with E-state index in [0.717, 1.165) is 5.56 Å². The molecule has 2 rings (SSSR count). The van der Waals surface area contributed by atoms with E-state index in [-0.39, 0.29) is 5.69 Å². The van der Waals surface area contributed by atoms with Crippen LogP contribution < -0.4 is 5.43 Å². The SMILES string of the molecule is Cc1cccc([N+](=O)[O-])c1Nn1cccc1. The fourth-order valence-corrected chi connectivity index (χ4v) is 1.49. The molecule has 0 saturated carbocycles. The Balaban J connectivity index is 2.42. The Hall–Kier alpha value is -2.30. The van der Waals surface area contributed by atoms with Crippen molar-refractivity contribution in [3.05, 3.63) is 58.4 Å². The lowest BCUT2D eigenvalue weighted by Gasteiger charge is -2.10. The number of hydrogen-bond acceptors (Lipinski definition) is 3. The third-order valence-electron chi connectivity index (χ3n) is 2.29. The molecule has 5 heteroatoms. The number of rotatable bonds is 3. The summed E-state index contributed by atoms with van der Waals surface area (Å²) in [6, 6.07) is 8.68. The summed E-state index contributed by atoms with van der Waals surface area (Å²) in [6.45, 7) is 1.83. The molecule has 1 aromatic heterocycles. The molecule has 0 aliphatic heterocycles. The van der Waals surface area contributed by atoms with Crippen molar-refractivity contribution in [1.82, 2.24) is 4.68 Å². The molecule has 1 N–H and O–H groups in total. The summed E-state index contributed by atoms with van der Waals surface area (Å²) in [5.41, 5.74) is 4.41. The Morgan fingerprint density at radius 3 is 2.56 bits per heavy atom. The number of aromatic nitrogens is 1. The van der Waals surface area contributed by atoms with Gasteiger partial charge in [0, 0.05) is 18.5 Å². The van der Waals surface area contributed by atoms with Crippen molar-refractivity contribution in [2.75, 3.05) is 5.43 Å². The topological polar surface area (TPSA) is 60.1 Å².